The first-order chi connectivity index (χ1) is 22.1. The number of methoxy groups -OCH3 is 1. The van der Waals surface area contributed by atoms with E-state index in [2.05, 4.69) is 8.75 Å². The molecule has 0 saturated heterocycles. The van der Waals surface area contributed by atoms with Gasteiger partial charge in [0.05, 0.1) is 43.1 Å². The number of aliphatic hydroxyl groups is 1. The van der Waals surface area contributed by atoms with Crippen LogP contribution >= 0.6 is 11.7 Å². The van der Waals surface area contributed by atoms with Crippen LogP contribution in [0.1, 0.15) is 34.1 Å². The van der Waals surface area contributed by atoms with Crippen molar-refractivity contribution in [3.8, 4) is 22.6 Å². The Morgan fingerprint density at radius 1 is 0.956 bits per heavy atom. The predicted molar refractivity (Wildman–Crippen MR) is 173 cm³/mol. The summed E-state index contributed by atoms with van der Waals surface area (Å²) in [6, 6.07) is 26.7. The molecule has 0 radical (unpaired) electrons. The number of para-hydroxylation sites is 1. The minimum atomic E-state index is -0.480. The zero-order chi connectivity index (χ0) is 30.9. The van der Waals surface area contributed by atoms with Gasteiger partial charge in [0.25, 0.3) is 0 Å². The summed E-state index contributed by atoms with van der Waals surface area (Å²) < 4.78 is 34.9. The van der Waals surface area contributed by atoms with Gasteiger partial charge in [0, 0.05) is 23.6 Å². The van der Waals surface area contributed by atoms with Crippen LogP contribution in [0.4, 0.5) is 0 Å². The first-order valence-electron chi connectivity index (χ1n) is 14.5. The zero-order valence-corrected chi connectivity index (χ0v) is 25.5. The number of benzene rings is 4. The van der Waals surface area contributed by atoms with Crippen molar-refractivity contribution in [1.29, 1.82) is 0 Å². The molecule has 0 aliphatic heterocycles. The Kier molecular flexibility index (Phi) is 7.66. The lowest BCUT2D eigenvalue weighted by Gasteiger charge is -2.16. The van der Waals surface area contributed by atoms with Crippen LogP contribution in [0.25, 0.3) is 44.2 Å². The van der Waals surface area contributed by atoms with Crippen molar-refractivity contribution in [2.24, 2.45) is 0 Å². The number of esters is 1. The van der Waals surface area contributed by atoms with E-state index >= 15 is 0 Å². The van der Waals surface area contributed by atoms with E-state index in [4.69, 9.17) is 18.6 Å². The van der Waals surface area contributed by atoms with Crippen molar-refractivity contribution in [2.75, 3.05) is 13.7 Å². The average Bonchev–Trinajstić information content (AvgIpc) is 3.77. The van der Waals surface area contributed by atoms with E-state index in [0.29, 0.717) is 46.0 Å². The maximum Gasteiger partial charge on any atom is 0.355 e. The summed E-state index contributed by atoms with van der Waals surface area (Å²) in [4.78, 5) is 13.9. The number of hydrogen-bond acceptors (Lipinski definition) is 9. The minimum Gasteiger partial charge on any atom is -0.497 e. The average molecular weight is 620 g/mol. The molecular formula is C35H29N3O6S. The molecule has 7 rings (SSSR count). The van der Waals surface area contributed by atoms with Gasteiger partial charge in [-0.25, -0.2) is 4.79 Å². The molecule has 3 heterocycles. The maximum absolute atomic E-state index is 13.9. The molecule has 0 fully saturated rings. The molecule has 0 atom stereocenters. The van der Waals surface area contributed by atoms with E-state index in [1.54, 1.807) is 20.1 Å². The van der Waals surface area contributed by atoms with Crippen LogP contribution in [0.5, 0.6) is 11.5 Å². The van der Waals surface area contributed by atoms with Gasteiger partial charge in [-0.15, -0.1) is 0 Å². The molecular weight excluding hydrogens is 590 g/mol. The molecule has 226 valence electrons. The quantitative estimate of drug-likeness (QED) is 0.158. The topological polar surface area (TPSA) is 109 Å². The summed E-state index contributed by atoms with van der Waals surface area (Å²) in [5.41, 5.74) is 7.74. The Hall–Kier alpha value is -5.19. The number of fused-ring (bicyclic) bond motifs is 4. The van der Waals surface area contributed by atoms with Crippen LogP contribution in [0.15, 0.2) is 89.3 Å². The Balaban J connectivity index is 1.46. The molecule has 0 saturated carbocycles. The van der Waals surface area contributed by atoms with Gasteiger partial charge in [-0.1, -0.05) is 42.5 Å². The standard InChI is InChI=1S/C35H29N3O6S/c1-3-42-35(40)33-31(25-14-13-24(41-2)17-30(25)43-20-23-9-5-4-8-22(23)19-39)34-32(26-10-6-7-11-29(26)44-34)38(33)18-21-12-15-27-28(16-21)37-45-36-27/h4-17,39H,3,18-20H2,1-2H3. The third-order valence-corrected chi connectivity index (χ3v) is 8.39. The summed E-state index contributed by atoms with van der Waals surface area (Å²) >= 11 is 1.17. The summed E-state index contributed by atoms with van der Waals surface area (Å²) in [5.74, 6) is 0.598. The smallest absolute Gasteiger partial charge is 0.355 e. The summed E-state index contributed by atoms with van der Waals surface area (Å²) in [7, 11) is 1.59. The highest BCUT2D eigenvalue weighted by Crippen LogP contribution is 2.45. The fourth-order valence-electron chi connectivity index (χ4n) is 5.72. The molecule has 0 aliphatic carbocycles. The van der Waals surface area contributed by atoms with E-state index in [1.807, 2.05) is 83.4 Å². The molecule has 9 nitrogen and oxygen atoms in total. The van der Waals surface area contributed by atoms with Crippen LogP contribution in [0, 0.1) is 0 Å². The summed E-state index contributed by atoms with van der Waals surface area (Å²) in [6.07, 6.45) is 0. The van der Waals surface area contributed by atoms with Crippen molar-refractivity contribution in [1.82, 2.24) is 13.3 Å². The number of furan rings is 1. The van der Waals surface area contributed by atoms with Crippen molar-refractivity contribution in [2.45, 2.75) is 26.7 Å². The lowest BCUT2D eigenvalue weighted by atomic mass is 10.0. The second-order valence-corrected chi connectivity index (χ2v) is 11.0. The molecule has 4 aromatic carbocycles. The molecule has 0 aliphatic rings. The number of aromatic nitrogens is 3. The van der Waals surface area contributed by atoms with Gasteiger partial charge >= 0.3 is 5.97 Å². The lowest BCUT2D eigenvalue weighted by Crippen LogP contribution is -2.14. The Bertz CT molecular complexity index is 2180. The van der Waals surface area contributed by atoms with Crippen LogP contribution in [0.2, 0.25) is 0 Å². The summed E-state index contributed by atoms with van der Waals surface area (Å²) in [6.45, 7) is 2.43. The first-order valence-corrected chi connectivity index (χ1v) is 15.2. The van der Waals surface area contributed by atoms with Crippen molar-refractivity contribution >= 4 is 50.8 Å². The highest BCUT2D eigenvalue weighted by Gasteiger charge is 2.31. The third kappa shape index (κ3) is 5.17. The normalized spacial score (nSPS) is 11.4. The SMILES string of the molecule is CCOC(=O)c1c(-c2ccc(OC)cc2OCc2ccccc2CO)c2oc3ccccc3c2n1Cc1ccc2nsnc2c1. The Morgan fingerprint density at radius 2 is 1.76 bits per heavy atom. The minimum absolute atomic E-state index is 0.108. The fourth-order valence-corrected chi connectivity index (χ4v) is 6.23. The highest BCUT2D eigenvalue weighted by atomic mass is 32.1. The molecule has 10 heteroatoms. The van der Waals surface area contributed by atoms with Crippen LogP contribution in [-0.2, 0) is 24.5 Å². The second-order valence-electron chi connectivity index (χ2n) is 10.5. The molecule has 0 bridgehead atoms. The number of hydrogen-bond donors (Lipinski definition) is 1. The third-order valence-electron chi connectivity index (χ3n) is 7.83. The maximum atomic E-state index is 13.9. The molecule has 7 aromatic rings. The van der Waals surface area contributed by atoms with Gasteiger partial charge in [0.15, 0.2) is 5.58 Å². The molecule has 0 amide bonds. The van der Waals surface area contributed by atoms with E-state index < -0.39 is 5.97 Å². The van der Waals surface area contributed by atoms with Crippen LogP contribution in [-0.4, -0.2) is 38.1 Å². The zero-order valence-electron chi connectivity index (χ0n) is 24.6. The van der Waals surface area contributed by atoms with Gasteiger partial charge in [-0.2, -0.15) is 8.75 Å². The van der Waals surface area contributed by atoms with Crippen LogP contribution in [0.3, 0.4) is 0 Å². The van der Waals surface area contributed by atoms with Gasteiger partial charge in [-0.3, -0.25) is 0 Å². The van der Waals surface area contributed by atoms with Gasteiger partial charge in [-0.05, 0) is 60.0 Å². The molecule has 1 N–H and O–H groups in total. The van der Waals surface area contributed by atoms with Gasteiger partial charge in [0.1, 0.15) is 40.4 Å². The number of carbonyl (C=O) groups excluding carboxylic acids is 1. The summed E-state index contributed by atoms with van der Waals surface area (Å²) in [5, 5.41) is 10.8. The number of aliphatic hydroxyl groups excluding tert-OH is 1. The number of rotatable bonds is 10. The van der Waals surface area contributed by atoms with Crippen molar-refractivity contribution in [3.05, 3.63) is 107 Å². The number of nitrogens with zero attached hydrogens (tertiary/aromatic N) is 3. The number of carbonyl (C=O) groups is 1. The van der Waals surface area contributed by atoms with Crippen molar-refractivity contribution in [3.63, 3.8) is 0 Å². The predicted octanol–water partition coefficient (Wildman–Crippen LogP) is 7.36. The molecule has 0 unspecified atom stereocenters. The number of ether oxygens (including phenoxy) is 3. The van der Waals surface area contributed by atoms with Crippen molar-refractivity contribution < 1.29 is 28.5 Å². The van der Waals surface area contributed by atoms with E-state index in [9.17, 15) is 9.90 Å². The fraction of sp³-hybridized carbons (Fsp3) is 0.171. The lowest BCUT2D eigenvalue weighted by molar-refractivity contribution is 0.0516. The molecule has 0 spiro atoms. The second kappa shape index (κ2) is 12.1. The van der Waals surface area contributed by atoms with Crippen LogP contribution < -0.4 is 9.47 Å². The first kappa shape index (κ1) is 28.6. The van der Waals surface area contributed by atoms with E-state index in [0.717, 1.165) is 38.6 Å². The Labute approximate surface area is 262 Å². The van der Waals surface area contributed by atoms with Gasteiger partial charge in [0.2, 0.25) is 0 Å². The molecule has 45 heavy (non-hydrogen) atoms. The van der Waals surface area contributed by atoms with Gasteiger partial charge < -0.3 is 28.3 Å². The Morgan fingerprint density at radius 3 is 2.58 bits per heavy atom. The highest BCUT2D eigenvalue weighted by molar-refractivity contribution is 7.00. The largest absolute Gasteiger partial charge is 0.497 e. The monoisotopic (exact) mass is 619 g/mol. The van der Waals surface area contributed by atoms with E-state index in [1.165, 1.54) is 11.7 Å². The van der Waals surface area contributed by atoms with E-state index in [-0.39, 0.29) is 19.8 Å². The molecule has 3 aromatic heterocycles.